The fraction of sp³-hybridized carbons (Fsp3) is 0.636. The van der Waals surface area contributed by atoms with Gasteiger partial charge in [-0.05, 0) is 58.2 Å². The lowest BCUT2D eigenvalue weighted by Crippen LogP contribution is -2.48. The van der Waals surface area contributed by atoms with Crippen LogP contribution < -0.4 is 15.5 Å². The summed E-state index contributed by atoms with van der Waals surface area (Å²) in [5.74, 6) is 0.232. The highest BCUT2D eigenvalue weighted by Gasteiger charge is 2.20. The largest absolute Gasteiger partial charge is 0.393 e. The predicted molar refractivity (Wildman–Crippen MR) is 135 cm³/mol. The standard InChI is InChI=1S/C22H36FN5O2.HI/c1-6-24-21(27(5)15-20(30)26-22(2,3)4)25-14-16-7-8-19(18(23)13-16)28-11-9-17(29)10-12-28;/h7-8,13,17,29H,6,9-12,14-15H2,1-5H3,(H,24,25)(H,26,30);1H. The molecular formula is C22H37FIN5O2. The van der Waals surface area contributed by atoms with Crippen molar-refractivity contribution < 1.29 is 14.3 Å². The third-order valence-electron chi connectivity index (χ3n) is 4.82. The molecule has 0 radical (unpaired) electrons. The van der Waals surface area contributed by atoms with Gasteiger partial charge in [-0.1, -0.05) is 6.07 Å². The second-order valence-electron chi connectivity index (χ2n) is 8.83. The molecule has 0 aliphatic carbocycles. The molecule has 176 valence electrons. The Labute approximate surface area is 202 Å². The van der Waals surface area contributed by atoms with Crippen LogP contribution in [0.1, 0.15) is 46.1 Å². The van der Waals surface area contributed by atoms with E-state index in [2.05, 4.69) is 15.6 Å². The highest BCUT2D eigenvalue weighted by molar-refractivity contribution is 14.0. The maximum Gasteiger partial charge on any atom is 0.240 e. The van der Waals surface area contributed by atoms with Gasteiger partial charge in [0.15, 0.2) is 5.96 Å². The Morgan fingerprint density at radius 3 is 2.52 bits per heavy atom. The second kappa shape index (κ2) is 12.4. The third kappa shape index (κ3) is 9.18. The van der Waals surface area contributed by atoms with Gasteiger partial charge in [0.2, 0.25) is 5.91 Å². The number of nitrogens with one attached hydrogen (secondary N) is 2. The van der Waals surface area contributed by atoms with Crippen molar-refractivity contribution in [3.8, 4) is 0 Å². The first-order valence-electron chi connectivity index (χ1n) is 10.6. The molecule has 1 aliphatic heterocycles. The van der Waals surface area contributed by atoms with E-state index in [0.29, 0.717) is 50.7 Å². The second-order valence-corrected chi connectivity index (χ2v) is 8.83. The number of aliphatic imine (C=N–C) groups is 1. The van der Waals surface area contributed by atoms with Gasteiger partial charge >= 0.3 is 0 Å². The maximum atomic E-state index is 14.7. The number of amides is 1. The number of benzene rings is 1. The Kier molecular flexibility index (Phi) is 11.0. The molecule has 7 nitrogen and oxygen atoms in total. The molecule has 1 fully saturated rings. The minimum atomic E-state index is -0.293. The lowest BCUT2D eigenvalue weighted by atomic mass is 10.1. The van der Waals surface area contributed by atoms with Gasteiger partial charge in [-0.2, -0.15) is 0 Å². The number of halogens is 2. The fourth-order valence-electron chi connectivity index (χ4n) is 3.40. The van der Waals surface area contributed by atoms with Crippen LogP contribution >= 0.6 is 24.0 Å². The van der Waals surface area contributed by atoms with E-state index < -0.39 is 0 Å². The molecule has 2 rings (SSSR count). The van der Waals surface area contributed by atoms with E-state index in [-0.39, 0.29) is 53.9 Å². The number of rotatable bonds is 6. The monoisotopic (exact) mass is 549 g/mol. The van der Waals surface area contributed by atoms with Crippen molar-refractivity contribution in [2.24, 2.45) is 4.99 Å². The predicted octanol–water partition coefficient (Wildman–Crippen LogP) is 2.72. The fourth-order valence-corrected chi connectivity index (χ4v) is 3.40. The summed E-state index contributed by atoms with van der Waals surface area (Å²) in [6.45, 7) is 10.2. The van der Waals surface area contributed by atoms with Gasteiger partial charge < -0.3 is 25.5 Å². The number of carbonyl (C=O) groups is 1. The average Bonchev–Trinajstić information content (AvgIpc) is 2.64. The maximum absolute atomic E-state index is 14.7. The molecule has 1 heterocycles. The van der Waals surface area contributed by atoms with Crippen molar-refractivity contribution in [3.63, 3.8) is 0 Å². The summed E-state index contributed by atoms with van der Waals surface area (Å²) in [4.78, 5) is 20.5. The lowest BCUT2D eigenvalue weighted by Gasteiger charge is -2.31. The summed E-state index contributed by atoms with van der Waals surface area (Å²) in [7, 11) is 1.80. The first-order chi connectivity index (χ1) is 14.1. The van der Waals surface area contributed by atoms with Crippen LogP contribution in [0.5, 0.6) is 0 Å². The van der Waals surface area contributed by atoms with Crippen LogP contribution in [0.15, 0.2) is 23.2 Å². The molecule has 9 heteroatoms. The van der Waals surface area contributed by atoms with Crippen molar-refractivity contribution in [2.75, 3.05) is 38.1 Å². The quantitative estimate of drug-likeness (QED) is 0.289. The van der Waals surface area contributed by atoms with Crippen LogP contribution in [-0.2, 0) is 11.3 Å². The summed E-state index contributed by atoms with van der Waals surface area (Å²) in [6.07, 6.45) is 1.03. The molecule has 1 saturated heterocycles. The zero-order chi connectivity index (χ0) is 22.3. The summed E-state index contributed by atoms with van der Waals surface area (Å²) in [5, 5.41) is 15.7. The molecule has 0 atom stereocenters. The van der Waals surface area contributed by atoms with E-state index >= 15 is 0 Å². The molecule has 1 aromatic rings. The first kappa shape index (κ1) is 27.4. The number of likely N-dealkylation sites (N-methyl/N-ethyl adjacent to an activating group) is 1. The minimum absolute atomic E-state index is 0. The van der Waals surface area contributed by atoms with Crippen molar-refractivity contribution in [3.05, 3.63) is 29.6 Å². The molecule has 31 heavy (non-hydrogen) atoms. The number of anilines is 1. The Morgan fingerprint density at radius 1 is 1.32 bits per heavy atom. The highest BCUT2D eigenvalue weighted by atomic mass is 127. The number of guanidine groups is 1. The zero-order valence-electron chi connectivity index (χ0n) is 19.2. The number of piperidine rings is 1. The minimum Gasteiger partial charge on any atom is -0.393 e. The van der Waals surface area contributed by atoms with Gasteiger partial charge in [0.25, 0.3) is 0 Å². The number of hydrogen-bond acceptors (Lipinski definition) is 4. The van der Waals surface area contributed by atoms with E-state index in [1.165, 1.54) is 6.07 Å². The molecule has 1 amide bonds. The van der Waals surface area contributed by atoms with Crippen molar-refractivity contribution in [1.29, 1.82) is 0 Å². The molecule has 0 unspecified atom stereocenters. The van der Waals surface area contributed by atoms with Gasteiger partial charge in [-0.25, -0.2) is 9.38 Å². The normalized spacial score (nSPS) is 15.3. The first-order valence-corrected chi connectivity index (χ1v) is 10.6. The van der Waals surface area contributed by atoms with Gasteiger partial charge in [0, 0.05) is 32.2 Å². The third-order valence-corrected chi connectivity index (χ3v) is 4.82. The Morgan fingerprint density at radius 2 is 1.97 bits per heavy atom. The van der Waals surface area contributed by atoms with E-state index in [0.717, 1.165) is 5.56 Å². The van der Waals surface area contributed by atoms with Gasteiger partial charge in [0.05, 0.1) is 24.9 Å². The Balaban J connectivity index is 0.00000480. The van der Waals surface area contributed by atoms with Crippen LogP contribution in [0.3, 0.4) is 0 Å². The van der Waals surface area contributed by atoms with Crippen molar-refractivity contribution in [2.45, 2.75) is 58.7 Å². The van der Waals surface area contributed by atoms with E-state index in [9.17, 15) is 14.3 Å². The number of carbonyl (C=O) groups excluding carboxylic acids is 1. The number of aliphatic hydroxyl groups excluding tert-OH is 1. The zero-order valence-corrected chi connectivity index (χ0v) is 21.6. The summed E-state index contributed by atoms with van der Waals surface area (Å²) < 4.78 is 14.7. The van der Waals surface area contributed by atoms with Crippen molar-refractivity contribution >= 4 is 41.5 Å². The van der Waals surface area contributed by atoms with Crippen LogP contribution in [0, 0.1) is 5.82 Å². The lowest BCUT2D eigenvalue weighted by molar-refractivity contribution is -0.122. The van der Waals surface area contributed by atoms with Crippen LogP contribution in [0.25, 0.3) is 0 Å². The Bertz CT molecular complexity index is 746. The van der Waals surface area contributed by atoms with Crippen LogP contribution in [0.4, 0.5) is 10.1 Å². The highest BCUT2D eigenvalue weighted by Crippen LogP contribution is 2.24. The SMILES string of the molecule is CCNC(=NCc1ccc(N2CCC(O)CC2)c(F)c1)N(C)CC(=O)NC(C)(C)C.I. The van der Waals surface area contributed by atoms with Gasteiger partial charge in [0.1, 0.15) is 5.82 Å². The number of nitrogens with zero attached hydrogens (tertiary/aromatic N) is 3. The molecule has 0 aromatic heterocycles. The molecular weight excluding hydrogens is 512 g/mol. The van der Waals surface area contributed by atoms with Crippen molar-refractivity contribution in [1.82, 2.24) is 15.5 Å². The summed E-state index contributed by atoms with van der Waals surface area (Å²) in [6, 6.07) is 5.17. The van der Waals surface area contributed by atoms with E-state index in [1.807, 2.05) is 38.7 Å². The molecule has 0 spiro atoms. The van der Waals surface area contributed by atoms with Gasteiger partial charge in [-0.3, -0.25) is 4.79 Å². The molecule has 1 aliphatic rings. The molecule has 1 aromatic carbocycles. The van der Waals surface area contributed by atoms with Crippen LogP contribution in [0.2, 0.25) is 0 Å². The smallest absolute Gasteiger partial charge is 0.240 e. The molecule has 0 saturated carbocycles. The number of aliphatic hydroxyl groups is 1. The van der Waals surface area contributed by atoms with Crippen LogP contribution in [-0.4, -0.2) is 66.7 Å². The number of hydrogen-bond donors (Lipinski definition) is 3. The summed E-state index contributed by atoms with van der Waals surface area (Å²) >= 11 is 0. The average molecular weight is 549 g/mol. The summed E-state index contributed by atoms with van der Waals surface area (Å²) in [5.41, 5.74) is 1.04. The Hall–Kier alpha value is -1.62. The molecule has 0 bridgehead atoms. The van der Waals surface area contributed by atoms with E-state index in [1.54, 1.807) is 18.0 Å². The van der Waals surface area contributed by atoms with Gasteiger partial charge in [-0.15, -0.1) is 24.0 Å². The molecule has 3 N–H and O–H groups in total. The van der Waals surface area contributed by atoms with E-state index in [4.69, 9.17) is 0 Å². The topological polar surface area (TPSA) is 80.2 Å².